The van der Waals surface area contributed by atoms with Crippen molar-refractivity contribution >= 4 is 17.9 Å². The number of amides is 3. The van der Waals surface area contributed by atoms with E-state index < -0.39 is 17.6 Å². The summed E-state index contributed by atoms with van der Waals surface area (Å²) in [5, 5.41) is 7.53. The smallest absolute Gasteiger partial charge is 0.408 e. The van der Waals surface area contributed by atoms with Crippen LogP contribution < -0.4 is 16.0 Å². The largest absolute Gasteiger partial charge is 0.444 e. The summed E-state index contributed by atoms with van der Waals surface area (Å²) in [6.07, 6.45) is -0.538. The van der Waals surface area contributed by atoms with Gasteiger partial charge >= 0.3 is 6.09 Å². The molecule has 0 aliphatic carbocycles. The minimum absolute atomic E-state index is 0.133. The van der Waals surface area contributed by atoms with Crippen LogP contribution >= 0.6 is 0 Å². The Kier molecular flexibility index (Phi) is 7.84. The summed E-state index contributed by atoms with van der Waals surface area (Å²) in [4.78, 5) is 34.6. The summed E-state index contributed by atoms with van der Waals surface area (Å²) >= 11 is 0. The van der Waals surface area contributed by atoms with E-state index in [-0.39, 0.29) is 37.8 Å². The molecule has 0 atom stereocenters. The van der Waals surface area contributed by atoms with E-state index in [2.05, 4.69) is 16.0 Å². The number of benzene rings is 1. The van der Waals surface area contributed by atoms with E-state index in [9.17, 15) is 18.8 Å². The molecule has 0 fully saturated rings. The molecule has 0 saturated carbocycles. The summed E-state index contributed by atoms with van der Waals surface area (Å²) in [6.45, 7) is 5.43. The Hall–Kier alpha value is -2.64. The van der Waals surface area contributed by atoms with E-state index in [1.807, 2.05) is 0 Å². The van der Waals surface area contributed by atoms with Crippen molar-refractivity contribution in [1.29, 1.82) is 0 Å². The van der Waals surface area contributed by atoms with E-state index in [1.165, 1.54) is 12.1 Å². The second kappa shape index (κ2) is 9.61. The first-order valence-electron chi connectivity index (χ1n) is 7.90. The predicted molar refractivity (Wildman–Crippen MR) is 90.4 cm³/mol. The van der Waals surface area contributed by atoms with Crippen molar-refractivity contribution in [3.8, 4) is 0 Å². The molecule has 8 heteroatoms. The fourth-order valence-corrected chi connectivity index (χ4v) is 1.78. The van der Waals surface area contributed by atoms with Crippen LogP contribution in [0.2, 0.25) is 0 Å². The zero-order valence-electron chi connectivity index (χ0n) is 14.6. The van der Waals surface area contributed by atoms with Gasteiger partial charge in [-0.15, -0.1) is 0 Å². The molecule has 0 heterocycles. The minimum atomic E-state index is -0.671. The van der Waals surface area contributed by atoms with Crippen molar-refractivity contribution in [2.75, 3.05) is 19.6 Å². The maximum absolute atomic E-state index is 12.8. The molecule has 0 bridgehead atoms. The van der Waals surface area contributed by atoms with Crippen molar-refractivity contribution in [3.05, 3.63) is 35.6 Å². The van der Waals surface area contributed by atoms with Gasteiger partial charge in [-0.05, 0) is 38.5 Å². The number of hydrogen-bond acceptors (Lipinski definition) is 4. The van der Waals surface area contributed by atoms with E-state index in [4.69, 9.17) is 4.74 Å². The first kappa shape index (κ1) is 20.4. The summed E-state index contributed by atoms with van der Waals surface area (Å²) < 4.78 is 17.8. The average molecular weight is 353 g/mol. The molecular formula is C17H24FN3O4. The van der Waals surface area contributed by atoms with Gasteiger partial charge in [-0.25, -0.2) is 9.18 Å². The number of hydrogen-bond donors (Lipinski definition) is 3. The van der Waals surface area contributed by atoms with E-state index in [1.54, 1.807) is 32.9 Å². The highest BCUT2D eigenvalue weighted by molar-refractivity contribution is 5.82. The highest BCUT2D eigenvalue weighted by Crippen LogP contribution is 2.06. The predicted octanol–water partition coefficient (Wildman–Crippen LogP) is 1.13. The molecule has 0 aliphatic rings. The summed E-state index contributed by atoms with van der Waals surface area (Å²) in [5.41, 5.74) is 0.0690. The number of ether oxygens (including phenoxy) is 1. The van der Waals surface area contributed by atoms with Gasteiger partial charge in [0.05, 0.1) is 13.0 Å². The van der Waals surface area contributed by atoms with Crippen LogP contribution in [0.4, 0.5) is 9.18 Å². The third-order valence-corrected chi connectivity index (χ3v) is 2.84. The monoisotopic (exact) mass is 353 g/mol. The third-order valence-electron chi connectivity index (χ3n) is 2.84. The second-order valence-corrected chi connectivity index (χ2v) is 6.36. The van der Waals surface area contributed by atoms with Crippen molar-refractivity contribution in [2.45, 2.75) is 32.8 Å². The molecular weight excluding hydrogens is 329 g/mol. The van der Waals surface area contributed by atoms with E-state index in [0.717, 1.165) is 0 Å². The normalized spacial score (nSPS) is 10.7. The van der Waals surface area contributed by atoms with Gasteiger partial charge in [0.1, 0.15) is 11.4 Å². The third kappa shape index (κ3) is 9.95. The Balaban J connectivity index is 2.14. The lowest BCUT2D eigenvalue weighted by Gasteiger charge is -2.19. The fraction of sp³-hybridized carbons (Fsp3) is 0.471. The molecule has 3 N–H and O–H groups in total. The number of nitrogens with one attached hydrogen (secondary N) is 3. The summed E-state index contributed by atoms with van der Waals surface area (Å²) in [5.74, 6) is -0.974. The van der Waals surface area contributed by atoms with Crippen molar-refractivity contribution < 1.29 is 23.5 Å². The van der Waals surface area contributed by atoms with Gasteiger partial charge in [-0.2, -0.15) is 0 Å². The van der Waals surface area contributed by atoms with E-state index >= 15 is 0 Å². The zero-order chi connectivity index (χ0) is 18.9. The van der Waals surface area contributed by atoms with Crippen LogP contribution in [-0.4, -0.2) is 43.1 Å². The quantitative estimate of drug-likeness (QED) is 0.640. The SMILES string of the molecule is CC(C)(C)OC(=O)NCC(=O)NCCNC(=O)Cc1ccc(F)cc1. The van der Waals surface area contributed by atoms with Gasteiger partial charge in [-0.3, -0.25) is 9.59 Å². The fourth-order valence-electron chi connectivity index (χ4n) is 1.78. The van der Waals surface area contributed by atoms with Gasteiger partial charge in [0.15, 0.2) is 0 Å². The van der Waals surface area contributed by atoms with Gasteiger partial charge in [0.2, 0.25) is 11.8 Å². The number of rotatable bonds is 7. The van der Waals surface area contributed by atoms with Crippen LogP contribution in [0, 0.1) is 5.82 Å². The minimum Gasteiger partial charge on any atom is -0.444 e. The second-order valence-electron chi connectivity index (χ2n) is 6.36. The van der Waals surface area contributed by atoms with Gasteiger partial charge in [0, 0.05) is 13.1 Å². The summed E-state index contributed by atoms with van der Waals surface area (Å²) in [6, 6.07) is 5.67. The van der Waals surface area contributed by atoms with Gasteiger partial charge < -0.3 is 20.7 Å². The van der Waals surface area contributed by atoms with Crippen LogP contribution in [0.3, 0.4) is 0 Å². The molecule has 0 unspecified atom stereocenters. The van der Waals surface area contributed by atoms with Gasteiger partial charge in [-0.1, -0.05) is 12.1 Å². The molecule has 0 saturated heterocycles. The average Bonchev–Trinajstić information content (AvgIpc) is 2.50. The molecule has 7 nitrogen and oxygen atoms in total. The van der Waals surface area contributed by atoms with Crippen molar-refractivity contribution in [1.82, 2.24) is 16.0 Å². The Morgan fingerprint density at radius 3 is 2.08 bits per heavy atom. The topological polar surface area (TPSA) is 96.5 Å². The van der Waals surface area contributed by atoms with E-state index in [0.29, 0.717) is 5.56 Å². The standard InChI is InChI=1S/C17H24FN3O4/c1-17(2,3)25-16(24)21-11-15(23)20-9-8-19-14(22)10-12-4-6-13(18)7-5-12/h4-7H,8-11H2,1-3H3,(H,19,22)(H,20,23)(H,21,24). The Bertz CT molecular complexity index is 597. The Labute approximate surface area is 146 Å². The summed E-state index contributed by atoms with van der Waals surface area (Å²) in [7, 11) is 0. The number of carbonyl (C=O) groups is 3. The van der Waals surface area contributed by atoms with Crippen LogP contribution in [0.15, 0.2) is 24.3 Å². The molecule has 0 radical (unpaired) electrons. The lowest BCUT2D eigenvalue weighted by atomic mass is 10.1. The first-order valence-corrected chi connectivity index (χ1v) is 7.90. The molecule has 138 valence electrons. The zero-order valence-corrected chi connectivity index (χ0v) is 14.6. The maximum atomic E-state index is 12.8. The lowest BCUT2D eigenvalue weighted by molar-refractivity contribution is -0.122. The molecule has 25 heavy (non-hydrogen) atoms. The van der Waals surface area contributed by atoms with Crippen LogP contribution in [0.25, 0.3) is 0 Å². The van der Waals surface area contributed by atoms with Crippen molar-refractivity contribution in [3.63, 3.8) is 0 Å². The highest BCUT2D eigenvalue weighted by Gasteiger charge is 2.16. The number of carbonyl (C=O) groups excluding carboxylic acids is 3. The first-order chi connectivity index (χ1) is 11.7. The molecule has 1 aromatic carbocycles. The van der Waals surface area contributed by atoms with Gasteiger partial charge in [0.25, 0.3) is 0 Å². The van der Waals surface area contributed by atoms with Crippen LogP contribution in [-0.2, 0) is 20.7 Å². The maximum Gasteiger partial charge on any atom is 0.408 e. The van der Waals surface area contributed by atoms with Crippen LogP contribution in [0.1, 0.15) is 26.3 Å². The molecule has 3 amide bonds. The van der Waals surface area contributed by atoms with Crippen molar-refractivity contribution in [2.24, 2.45) is 0 Å². The Morgan fingerprint density at radius 2 is 1.52 bits per heavy atom. The molecule has 0 aromatic heterocycles. The molecule has 1 rings (SSSR count). The molecule has 0 spiro atoms. The number of alkyl carbamates (subject to hydrolysis) is 1. The Morgan fingerprint density at radius 1 is 0.960 bits per heavy atom. The van der Waals surface area contributed by atoms with Crippen LogP contribution in [0.5, 0.6) is 0 Å². The molecule has 1 aromatic rings. The lowest BCUT2D eigenvalue weighted by Crippen LogP contribution is -2.42. The molecule has 0 aliphatic heterocycles. The highest BCUT2D eigenvalue weighted by atomic mass is 19.1. The number of halogens is 1.